The molecule has 90 valence electrons. The van der Waals surface area contributed by atoms with Crippen molar-refractivity contribution < 1.29 is 0 Å². The van der Waals surface area contributed by atoms with Crippen LogP contribution in [0.15, 0.2) is 24.3 Å². The van der Waals surface area contributed by atoms with Gasteiger partial charge in [0.25, 0.3) is 0 Å². The number of hydrogen-bond donors (Lipinski definition) is 2. The topological polar surface area (TPSA) is 83.1 Å². The van der Waals surface area contributed by atoms with E-state index in [0.717, 1.165) is 22.8 Å². The van der Waals surface area contributed by atoms with Crippen molar-refractivity contribution in [2.24, 2.45) is 0 Å². The van der Waals surface area contributed by atoms with Crippen molar-refractivity contribution in [3.05, 3.63) is 35.9 Å². The van der Waals surface area contributed by atoms with E-state index in [-0.39, 0.29) is 0 Å². The van der Waals surface area contributed by atoms with Gasteiger partial charge in [0, 0.05) is 11.1 Å². The van der Waals surface area contributed by atoms with Crippen LogP contribution in [0.25, 0.3) is 22.8 Å². The maximum Gasteiger partial charge on any atom is 0.181 e. The van der Waals surface area contributed by atoms with E-state index in [2.05, 4.69) is 30.4 Å². The summed E-state index contributed by atoms with van der Waals surface area (Å²) in [6.45, 7) is 3.75. The highest BCUT2D eigenvalue weighted by atomic mass is 15.2. The molecule has 1 aromatic carbocycles. The van der Waals surface area contributed by atoms with Gasteiger partial charge in [0.15, 0.2) is 11.6 Å². The van der Waals surface area contributed by atoms with Crippen LogP contribution in [0.3, 0.4) is 0 Å². The Morgan fingerprint density at radius 1 is 0.722 bits per heavy atom. The third-order valence-corrected chi connectivity index (χ3v) is 2.60. The second kappa shape index (κ2) is 4.06. The van der Waals surface area contributed by atoms with Crippen LogP contribution in [0.4, 0.5) is 0 Å². The number of aromatic amines is 2. The number of nitrogens with one attached hydrogen (secondary N) is 2. The number of rotatable bonds is 2. The standard InChI is InChI=1S/C12H12N6/c1-7-13-11(17-15-7)9-3-5-10(6-4-9)12-14-8(2)16-18-12/h3-6H,1-2H3,(H,13,15,17)(H,14,16,18). The lowest BCUT2D eigenvalue weighted by Gasteiger charge is -1.97. The summed E-state index contributed by atoms with van der Waals surface area (Å²) >= 11 is 0. The Balaban J connectivity index is 1.94. The van der Waals surface area contributed by atoms with Crippen molar-refractivity contribution in [3.8, 4) is 22.8 Å². The maximum absolute atomic E-state index is 4.28. The van der Waals surface area contributed by atoms with Crippen LogP contribution >= 0.6 is 0 Å². The van der Waals surface area contributed by atoms with Crippen molar-refractivity contribution in [1.82, 2.24) is 30.4 Å². The van der Waals surface area contributed by atoms with Crippen LogP contribution in [0.1, 0.15) is 11.6 Å². The zero-order chi connectivity index (χ0) is 12.5. The zero-order valence-electron chi connectivity index (χ0n) is 10.1. The molecule has 0 amide bonds. The van der Waals surface area contributed by atoms with Gasteiger partial charge in [0.1, 0.15) is 11.6 Å². The first-order valence-electron chi connectivity index (χ1n) is 5.61. The van der Waals surface area contributed by atoms with Crippen molar-refractivity contribution in [2.75, 3.05) is 0 Å². The number of hydrogen-bond acceptors (Lipinski definition) is 4. The fraction of sp³-hybridized carbons (Fsp3) is 0.167. The van der Waals surface area contributed by atoms with Crippen molar-refractivity contribution in [2.45, 2.75) is 13.8 Å². The molecule has 0 atom stereocenters. The van der Waals surface area contributed by atoms with Gasteiger partial charge < -0.3 is 0 Å². The second-order valence-electron chi connectivity index (χ2n) is 4.07. The minimum absolute atomic E-state index is 0.699. The van der Waals surface area contributed by atoms with E-state index in [1.54, 1.807) is 0 Å². The van der Waals surface area contributed by atoms with Crippen molar-refractivity contribution in [3.63, 3.8) is 0 Å². The lowest BCUT2D eigenvalue weighted by Crippen LogP contribution is -1.84. The zero-order valence-corrected chi connectivity index (χ0v) is 10.1. The number of aromatic nitrogens is 6. The van der Waals surface area contributed by atoms with Gasteiger partial charge in [-0.3, -0.25) is 10.2 Å². The largest absolute Gasteiger partial charge is 0.263 e. The molecule has 3 rings (SSSR count). The molecule has 0 aliphatic carbocycles. The van der Waals surface area contributed by atoms with Gasteiger partial charge in [-0.25, -0.2) is 9.97 Å². The molecule has 0 aliphatic rings. The van der Waals surface area contributed by atoms with E-state index < -0.39 is 0 Å². The predicted molar refractivity (Wildman–Crippen MR) is 66.7 cm³/mol. The SMILES string of the molecule is Cc1nc(-c2ccc(-c3n[nH]c(C)n3)cc2)n[nH]1. The van der Waals surface area contributed by atoms with E-state index in [0.29, 0.717) is 11.6 Å². The van der Waals surface area contributed by atoms with E-state index in [1.165, 1.54) is 0 Å². The monoisotopic (exact) mass is 240 g/mol. The number of aryl methyl sites for hydroxylation is 2. The van der Waals surface area contributed by atoms with Gasteiger partial charge in [-0.05, 0) is 13.8 Å². The lowest BCUT2D eigenvalue weighted by molar-refractivity contribution is 1.04. The van der Waals surface area contributed by atoms with Crippen LogP contribution in [0.5, 0.6) is 0 Å². The predicted octanol–water partition coefficient (Wildman–Crippen LogP) is 1.87. The van der Waals surface area contributed by atoms with Crippen LogP contribution in [0, 0.1) is 13.8 Å². The molecule has 18 heavy (non-hydrogen) atoms. The summed E-state index contributed by atoms with van der Waals surface area (Å²) in [5.41, 5.74) is 1.94. The average Bonchev–Trinajstić information content (AvgIpc) is 2.98. The fourth-order valence-corrected chi connectivity index (χ4v) is 1.71. The molecular formula is C12H12N6. The minimum Gasteiger partial charge on any atom is -0.263 e. The Morgan fingerprint density at radius 3 is 1.39 bits per heavy atom. The Bertz CT molecular complexity index is 605. The maximum atomic E-state index is 4.28. The first-order chi connectivity index (χ1) is 8.72. The van der Waals surface area contributed by atoms with Gasteiger partial charge in [-0.15, -0.1) is 0 Å². The number of nitrogens with zero attached hydrogens (tertiary/aromatic N) is 4. The highest BCUT2D eigenvalue weighted by Gasteiger charge is 2.06. The summed E-state index contributed by atoms with van der Waals surface area (Å²) in [6, 6.07) is 7.85. The van der Waals surface area contributed by atoms with Crippen LogP contribution in [0.2, 0.25) is 0 Å². The highest BCUT2D eigenvalue weighted by Crippen LogP contribution is 2.20. The third kappa shape index (κ3) is 1.88. The minimum atomic E-state index is 0.699. The summed E-state index contributed by atoms with van der Waals surface area (Å²) < 4.78 is 0. The van der Waals surface area contributed by atoms with Crippen LogP contribution in [-0.4, -0.2) is 30.4 Å². The average molecular weight is 240 g/mol. The smallest absolute Gasteiger partial charge is 0.181 e. The van der Waals surface area contributed by atoms with Crippen LogP contribution in [-0.2, 0) is 0 Å². The molecule has 3 aromatic rings. The fourth-order valence-electron chi connectivity index (χ4n) is 1.71. The summed E-state index contributed by atoms with van der Waals surface area (Å²) in [7, 11) is 0. The molecule has 0 bridgehead atoms. The summed E-state index contributed by atoms with van der Waals surface area (Å²) in [5, 5.41) is 13.9. The van der Waals surface area contributed by atoms with Crippen molar-refractivity contribution >= 4 is 0 Å². The van der Waals surface area contributed by atoms with E-state index >= 15 is 0 Å². The molecule has 6 heteroatoms. The number of H-pyrrole nitrogens is 2. The highest BCUT2D eigenvalue weighted by molar-refractivity contribution is 5.62. The Hall–Kier alpha value is -2.50. The van der Waals surface area contributed by atoms with E-state index in [9.17, 15) is 0 Å². The molecule has 0 unspecified atom stereocenters. The summed E-state index contributed by atoms with van der Waals surface area (Å²) in [5.74, 6) is 3.01. The second-order valence-corrected chi connectivity index (χ2v) is 4.07. The molecule has 2 aromatic heterocycles. The van der Waals surface area contributed by atoms with Gasteiger partial charge >= 0.3 is 0 Å². The molecule has 0 saturated heterocycles. The Morgan fingerprint density at radius 2 is 1.11 bits per heavy atom. The van der Waals surface area contributed by atoms with E-state index in [4.69, 9.17) is 0 Å². The van der Waals surface area contributed by atoms with Crippen LogP contribution < -0.4 is 0 Å². The van der Waals surface area contributed by atoms with Crippen molar-refractivity contribution in [1.29, 1.82) is 0 Å². The molecular weight excluding hydrogens is 228 g/mol. The molecule has 0 aliphatic heterocycles. The molecule has 6 nitrogen and oxygen atoms in total. The Labute approximate surface area is 104 Å². The first-order valence-corrected chi connectivity index (χ1v) is 5.61. The quantitative estimate of drug-likeness (QED) is 0.716. The first kappa shape index (κ1) is 10.6. The molecule has 0 fully saturated rings. The molecule has 0 spiro atoms. The molecule has 0 saturated carbocycles. The summed E-state index contributed by atoms with van der Waals surface area (Å²) in [4.78, 5) is 8.57. The number of benzene rings is 1. The summed E-state index contributed by atoms with van der Waals surface area (Å²) in [6.07, 6.45) is 0. The van der Waals surface area contributed by atoms with Gasteiger partial charge in [0.05, 0.1) is 0 Å². The molecule has 2 N–H and O–H groups in total. The lowest BCUT2D eigenvalue weighted by atomic mass is 10.1. The Kier molecular flexibility index (Phi) is 2.40. The van der Waals surface area contributed by atoms with Gasteiger partial charge in [0.2, 0.25) is 0 Å². The van der Waals surface area contributed by atoms with Gasteiger partial charge in [-0.2, -0.15) is 10.2 Å². The van der Waals surface area contributed by atoms with E-state index in [1.807, 2.05) is 38.1 Å². The molecule has 0 radical (unpaired) electrons. The molecule has 2 heterocycles. The third-order valence-electron chi connectivity index (χ3n) is 2.60. The van der Waals surface area contributed by atoms with Gasteiger partial charge in [-0.1, -0.05) is 24.3 Å². The normalized spacial score (nSPS) is 10.8.